The number of hydrogen-bond acceptors (Lipinski definition) is 10. The minimum atomic E-state index is -1.08. The van der Waals surface area contributed by atoms with Gasteiger partial charge in [0.15, 0.2) is 11.6 Å². The molecule has 0 radical (unpaired) electrons. The molecule has 6 rings (SSSR count). The van der Waals surface area contributed by atoms with E-state index in [9.17, 15) is 4.79 Å². The van der Waals surface area contributed by atoms with Crippen molar-refractivity contribution in [1.82, 2.24) is 15.0 Å². The number of carbonyl (C=O) groups is 1. The Labute approximate surface area is 221 Å². The molecule has 1 aromatic carbocycles. The maximum absolute atomic E-state index is 11.4. The van der Waals surface area contributed by atoms with Gasteiger partial charge in [-0.3, -0.25) is 15.8 Å². The quantitative estimate of drug-likeness (QED) is 0.288. The van der Waals surface area contributed by atoms with Crippen LogP contribution in [0.15, 0.2) is 41.8 Å². The van der Waals surface area contributed by atoms with Gasteiger partial charge in [0.2, 0.25) is 5.82 Å². The molecule has 2 aromatic rings. The SMILES string of the molecule is C[C@@H](Nc1nc(C(=N)OC(N)=O)nc2c1NC[C@@H]1CCCC3=C1N(N2)[C@H](c1ccccc1)CO3)C1CCC1. The molecule has 1 saturated carbocycles. The third-order valence-electron chi connectivity index (χ3n) is 8.09. The monoisotopic (exact) mass is 518 g/mol. The molecule has 3 heterocycles. The molecular weight excluding hydrogens is 484 g/mol. The lowest BCUT2D eigenvalue weighted by molar-refractivity contribution is 0.0613. The molecule has 0 bridgehead atoms. The van der Waals surface area contributed by atoms with E-state index in [1.54, 1.807) is 0 Å². The predicted octanol–water partition coefficient (Wildman–Crippen LogP) is 4.34. The number of hydrazine groups is 1. The lowest BCUT2D eigenvalue weighted by Gasteiger charge is -2.46. The molecule has 1 aromatic heterocycles. The molecule has 0 spiro atoms. The minimum Gasteiger partial charge on any atom is -0.493 e. The first-order valence-corrected chi connectivity index (χ1v) is 13.4. The van der Waals surface area contributed by atoms with Crippen LogP contribution in [0.2, 0.25) is 0 Å². The molecular formula is C27H34N8O3. The lowest BCUT2D eigenvalue weighted by atomic mass is 9.80. The Morgan fingerprint density at radius 3 is 2.79 bits per heavy atom. The number of hydrogen-bond donors (Lipinski definition) is 5. The summed E-state index contributed by atoms with van der Waals surface area (Å²) in [6.45, 7) is 3.36. The Bertz CT molecular complexity index is 1260. The van der Waals surface area contributed by atoms with Crippen molar-refractivity contribution in [3.05, 3.63) is 53.2 Å². The zero-order valence-electron chi connectivity index (χ0n) is 21.5. The highest BCUT2D eigenvalue weighted by Crippen LogP contribution is 2.44. The van der Waals surface area contributed by atoms with E-state index in [1.165, 1.54) is 19.3 Å². The number of rotatable bonds is 5. The molecule has 11 heteroatoms. The number of benzene rings is 1. The Morgan fingerprint density at radius 1 is 1.24 bits per heavy atom. The van der Waals surface area contributed by atoms with Gasteiger partial charge in [-0.25, -0.2) is 14.8 Å². The van der Waals surface area contributed by atoms with Gasteiger partial charge in [-0.1, -0.05) is 36.8 Å². The molecule has 1 amide bonds. The van der Waals surface area contributed by atoms with E-state index in [1.807, 2.05) is 18.2 Å². The van der Waals surface area contributed by atoms with Gasteiger partial charge in [0.25, 0.3) is 5.90 Å². The number of fused-ring (bicyclic) bond motifs is 1. The van der Waals surface area contributed by atoms with Crippen molar-refractivity contribution in [3.8, 4) is 0 Å². The minimum absolute atomic E-state index is 0.0281. The van der Waals surface area contributed by atoms with E-state index in [-0.39, 0.29) is 23.8 Å². The number of ether oxygens (including phenoxy) is 2. The average molecular weight is 519 g/mol. The molecule has 0 unspecified atom stereocenters. The summed E-state index contributed by atoms with van der Waals surface area (Å²) in [5.74, 6) is 2.36. The smallest absolute Gasteiger partial charge is 0.411 e. The number of nitrogens with two attached hydrogens (primary N) is 1. The fourth-order valence-electron chi connectivity index (χ4n) is 5.83. The number of anilines is 3. The van der Waals surface area contributed by atoms with Crippen molar-refractivity contribution < 1.29 is 14.3 Å². The third-order valence-corrected chi connectivity index (χ3v) is 8.09. The molecule has 38 heavy (non-hydrogen) atoms. The number of primary amides is 1. The van der Waals surface area contributed by atoms with Gasteiger partial charge in [-0.2, -0.15) is 0 Å². The summed E-state index contributed by atoms with van der Waals surface area (Å²) in [6, 6.07) is 10.4. The summed E-state index contributed by atoms with van der Waals surface area (Å²) in [5.41, 5.74) is 11.8. The number of aromatic nitrogens is 2. The van der Waals surface area contributed by atoms with Gasteiger partial charge in [-0.15, -0.1) is 0 Å². The molecule has 4 aliphatic rings. The fourth-order valence-corrected chi connectivity index (χ4v) is 5.83. The molecule has 3 atom stereocenters. The number of nitrogens with one attached hydrogen (secondary N) is 4. The van der Waals surface area contributed by atoms with E-state index in [4.69, 9.17) is 20.6 Å². The van der Waals surface area contributed by atoms with E-state index in [0.717, 1.165) is 42.0 Å². The van der Waals surface area contributed by atoms with Crippen molar-refractivity contribution >= 4 is 29.3 Å². The summed E-state index contributed by atoms with van der Waals surface area (Å²) in [6.07, 6.45) is 5.52. The van der Waals surface area contributed by atoms with Crippen molar-refractivity contribution in [2.45, 2.75) is 57.5 Å². The molecule has 0 saturated heterocycles. The molecule has 1 fully saturated rings. The van der Waals surface area contributed by atoms with Crippen LogP contribution >= 0.6 is 0 Å². The summed E-state index contributed by atoms with van der Waals surface area (Å²) in [7, 11) is 0. The van der Waals surface area contributed by atoms with Crippen LogP contribution in [0.25, 0.3) is 0 Å². The van der Waals surface area contributed by atoms with Gasteiger partial charge in [0.05, 0.1) is 5.70 Å². The Kier molecular flexibility index (Phi) is 6.42. The first-order chi connectivity index (χ1) is 18.5. The van der Waals surface area contributed by atoms with Crippen molar-refractivity contribution in [1.29, 1.82) is 5.41 Å². The summed E-state index contributed by atoms with van der Waals surface area (Å²) < 4.78 is 11.2. The van der Waals surface area contributed by atoms with Gasteiger partial charge in [0, 0.05) is 24.9 Å². The maximum Gasteiger partial charge on any atom is 0.411 e. The van der Waals surface area contributed by atoms with Crippen molar-refractivity contribution in [2.24, 2.45) is 17.6 Å². The molecule has 2 aliphatic heterocycles. The normalized spacial score (nSPS) is 23.1. The number of amides is 1. The second-order valence-electron chi connectivity index (χ2n) is 10.5. The summed E-state index contributed by atoms with van der Waals surface area (Å²) in [4.78, 5) is 20.7. The highest BCUT2D eigenvalue weighted by Gasteiger charge is 2.40. The number of nitrogens with zero attached hydrogens (tertiary/aromatic N) is 3. The third kappa shape index (κ3) is 4.57. The lowest BCUT2D eigenvalue weighted by Crippen LogP contribution is -2.46. The Morgan fingerprint density at radius 2 is 2.05 bits per heavy atom. The van der Waals surface area contributed by atoms with Gasteiger partial charge >= 0.3 is 6.09 Å². The van der Waals surface area contributed by atoms with Crippen LogP contribution in [0.4, 0.5) is 22.1 Å². The maximum atomic E-state index is 11.4. The first-order valence-electron chi connectivity index (χ1n) is 13.4. The van der Waals surface area contributed by atoms with Gasteiger partial charge < -0.3 is 25.8 Å². The summed E-state index contributed by atoms with van der Waals surface area (Å²) >= 11 is 0. The molecule has 11 nitrogen and oxygen atoms in total. The second kappa shape index (κ2) is 10.0. The molecule has 200 valence electrons. The van der Waals surface area contributed by atoms with E-state index >= 15 is 0 Å². The largest absolute Gasteiger partial charge is 0.493 e. The van der Waals surface area contributed by atoms with E-state index < -0.39 is 12.0 Å². The molecule has 2 aliphatic carbocycles. The van der Waals surface area contributed by atoms with Crippen LogP contribution in [-0.4, -0.2) is 46.2 Å². The van der Waals surface area contributed by atoms with Crippen LogP contribution in [0.1, 0.15) is 62.9 Å². The zero-order chi connectivity index (χ0) is 26.2. The van der Waals surface area contributed by atoms with Crippen LogP contribution < -0.4 is 21.8 Å². The zero-order valence-corrected chi connectivity index (χ0v) is 21.5. The predicted molar refractivity (Wildman–Crippen MR) is 143 cm³/mol. The second-order valence-corrected chi connectivity index (χ2v) is 10.5. The topological polar surface area (TPSA) is 151 Å². The Hall–Kier alpha value is -4.02. The van der Waals surface area contributed by atoms with Crippen molar-refractivity contribution in [2.75, 3.05) is 29.2 Å². The van der Waals surface area contributed by atoms with Crippen LogP contribution in [-0.2, 0) is 9.47 Å². The van der Waals surface area contributed by atoms with Gasteiger partial charge in [-0.05, 0) is 44.1 Å². The highest BCUT2D eigenvalue weighted by molar-refractivity contribution is 5.96. The van der Waals surface area contributed by atoms with Gasteiger partial charge in [0.1, 0.15) is 24.1 Å². The van der Waals surface area contributed by atoms with E-state index in [2.05, 4.69) is 50.1 Å². The highest BCUT2D eigenvalue weighted by atomic mass is 16.6. The first kappa shape index (κ1) is 24.3. The van der Waals surface area contributed by atoms with Crippen LogP contribution in [0.5, 0.6) is 0 Å². The van der Waals surface area contributed by atoms with Crippen molar-refractivity contribution in [3.63, 3.8) is 0 Å². The van der Waals surface area contributed by atoms with E-state index in [0.29, 0.717) is 30.7 Å². The average Bonchev–Trinajstić information content (AvgIpc) is 2.86. The number of carbonyl (C=O) groups excluding carboxylic acids is 1. The number of allylic oxidation sites excluding steroid dienone is 1. The molecule has 6 N–H and O–H groups in total. The van der Waals surface area contributed by atoms with Crippen LogP contribution in [0, 0.1) is 17.2 Å². The Balaban J connectivity index is 1.44. The summed E-state index contributed by atoms with van der Waals surface area (Å²) in [5, 5.41) is 17.6. The standard InChI is InChI=1S/C27H34N8O3/c1-15(16-9-5-10-16)31-24-21-25(33-26(32-24)23(28)38-27(29)36)34-35-19(17-7-3-2-4-8-17)14-37-20-12-6-11-18(13-30-21)22(20)35/h2-4,7-8,15-16,18-19,28,30H,5-6,9-14H2,1H3,(H2,29,36)(H2,31,32,33,34)/t15-,18+,19+/m1/s1. The fraction of sp³-hybridized carbons (Fsp3) is 0.481. The van der Waals surface area contributed by atoms with Crippen LogP contribution in [0.3, 0.4) is 0 Å².